The highest BCUT2D eigenvalue weighted by Gasteiger charge is 2.18. The monoisotopic (exact) mass is 539 g/mol. The summed E-state index contributed by atoms with van der Waals surface area (Å²) >= 11 is 0. The Morgan fingerprint density at radius 1 is 0.769 bits per heavy atom. The highest BCUT2D eigenvalue weighted by molar-refractivity contribution is 5.94. The Balaban J connectivity index is 1.15. The topological polar surface area (TPSA) is 114 Å². The van der Waals surface area contributed by atoms with Gasteiger partial charge in [0.15, 0.2) is 0 Å². The van der Waals surface area contributed by atoms with E-state index in [-0.39, 0.29) is 5.91 Å². The molecule has 2 fully saturated rings. The lowest BCUT2D eigenvalue weighted by Crippen LogP contribution is -2.32. The number of benzene rings is 1. The van der Waals surface area contributed by atoms with Crippen molar-refractivity contribution in [2.24, 2.45) is 0 Å². The molecule has 0 radical (unpaired) electrons. The Bertz CT molecular complexity index is 965. The fraction of sp³-hybridized carbons (Fsp3) is 0.655. The SMILES string of the molecule is O=C(NCCOCCOCCNc1nc(NC2CCCCCCC2)nc(N2CCCCC2)n1)c1ccccc1. The lowest BCUT2D eigenvalue weighted by atomic mass is 9.97. The summed E-state index contributed by atoms with van der Waals surface area (Å²) < 4.78 is 11.3. The number of nitrogens with zero attached hydrogens (tertiary/aromatic N) is 4. The van der Waals surface area contributed by atoms with E-state index in [1.807, 2.05) is 18.2 Å². The molecule has 1 saturated heterocycles. The zero-order chi connectivity index (χ0) is 27.0. The molecule has 2 aliphatic rings. The van der Waals surface area contributed by atoms with Crippen LogP contribution in [0.3, 0.4) is 0 Å². The van der Waals surface area contributed by atoms with Crippen LogP contribution in [0.1, 0.15) is 74.6 Å². The van der Waals surface area contributed by atoms with Crippen LogP contribution >= 0.6 is 0 Å². The maximum Gasteiger partial charge on any atom is 0.251 e. The maximum atomic E-state index is 12.0. The van der Waals surface area contributed by atoms with Gasteiger partial charge in [0, 0.05) is 37.8 Å². The number of hydrogen-bond donors (Lipinski definition) is 3. The molecule has 0 spiro atoms. The highest BCUT2D eigenvalue weighted by atomic mass is 16.5. The predicted octanol–water partition coefficient (Wildman–Crippen LogP) is 4.26. The zero-order valence-electron chi connectivity index (χ0n) is 23.2. The number of carbonyl (C=O) groups excluding carboxylic acids is 1. The van der Waals surface area contributed by atoms with Gasteiger partial charge in [0.1, 0.15) is 0 Å². The van der Waals surface area contributed by atoms with Crippen LogP contribution in [0.25, 0.3) is 0 Å². The van der Waals surface area contributed by atoms with Crippen molar-refractivity contribution in [2.45, 2.75) is 70.3 Å². The normalized spacial score (nSPS) is 16.8. The van der Waals surface area contributed by atoms with E-state index in [9.17, 15) is 4.79 Å². The van der Waals surface area contributed by atoms with E-state index < -0.39 is 0 Å². The van der Waals surface area contributed by atoms with E-state index in [1.54, 1.807) is 12.1 Å². The number of hydrogen-bond acceptors (Lipinski definition) is 9. The zero-order valence-corrected chi connectivity index (χ0v) is 23.2. The number of nitrogens with one attached hydrogen (secondary N) is 3. The third-order valence-electron chi connectivity index (χ3n) is 7.17. The molecule has 3 N–H and O–H groups in total. The Morgan fingerprint density at radius 3 is 2.15 bits per heavy atom. The smallest absolute Gasteiger partial charge is 0.251 e. The first-order chi connectivity index (χ1) is 19.3. The first-order valence-electron chi connectivity index (χ1n) is 14.8. The summed E-state index contributed by atoms with van der Waals surface area (Å²) in [5.41, 5.74) is 0.650. The quantitative estimate of drug-likeness (QED) is 0.303. The van der Waals surface area contributed by atoms with Crippen molar-refractivity contribution < 1.29 is 14.3 Å². The van der Waals surface area contributed by atoms with Crippen molar-refractivity contribution in [2.75, 3.05) is 68.1 Å². The fourth-order valence-electron chi connectivity index (χ4n) is 5.01. The van der Waals surface area contributed by atoms with Gasteiger partial charge in [0.2, 0.25) is 17.8 Å². The van der Waals surface area contributed by atoms with Crippen LogP contribution < -0.4 is 20.9 Å². The molecule has 1 aromatic carbocycles. The van der Waals surface area contributed by atoms with E-state index in [0.717, 1.165) is 19.0 Å². The molecule has 4 rings (SSSR count). The first-order valence-corrected chi connectivity index (χ1v) is 14.8. The largest absolute Gasteiger partial charge is 0.377 e. The minimum absolute atomic E-state index is 0.0913. The lowest BCUT2D eigenvalue weighted by molar-refractivity contribution is 0.0519. The van der Waals surface area contributed by atoms with Gasteiger partial charge in [-0.3, -0.25) is 4.79 Å². The molecular formula is C29H45N7O3. The van der Waals surface area contributed by atoms with Crippen molar-refractivity contribution in [3.8, 4) is 0 Å². The average molecular weight is 540 g/mol. The molecule has 10 nitrogen and oxygen atoms in total. The molecule has 39 heavy (non-hydrogen) atoms. The van der Waals surface area contributed by atoms with Crippen LogP contribution in [0.5, 0.6) is 0 Å². The Hall–Kier alpha value is -2.98. The van der Waals surface area contributed by atoms with Crippen LogP contribution in [0.4, 0.5) is 17.8 Å². The molecule has 1 saturated carbocycles. The van der Waals surface area contributed by atoms with E-state index >= 15 is 0 Å². The van der Waals surface area contributed by atoms with Crippen molar-refractivity contribution in [1.29, 1.82) is 0 Å². The number of rotatable bonds is 14. The van der Waals surface area contributed by atoms with Crippen LogP contribution in [-0.4, -0.2) is 79.5 Å². The number of anilines is 3. The molecular weight excluding hydrogens is 494 g/mol. The molecule has 1 aromatic heterocycles. The summed E-state index contributed by atoms with van der Waals surface area (Å²) in [5, 5.41) is 9.79. The Morgan fingerprint density at radius 2 is 1.41 bits per heavy atom. The Kier molecular flexibility index (Phi) is 12.5. The van der Waals surface area contributed by atoms with E-state index in [4.69, 9.17) is 24.4 Å². The second kappa shape index (κ2) is 16.9. The molecule has 0 unspecified atom stereocenters. The molecule has 0 atom stereocenters. The van der Waals surface area contributed by atoms with Crippen LogP contribution in [0, 0.1) is 0 Å². The van der Waals surface area contributed by atoms with Crippen LogP contribution in [0.2, 0.25) is 0 Å². The third kappa shape index (κ3) is 10.6. The summed E-state index contributed by atoms with van der Waals surface area (Å²) in [6, 6.07) is 9.59. The summed E-state index contributed by atoms with van der Waals surface area (Å²) in [5.74, 6) is 1.93. The minimum Gasteiger partial charge on any atom is -0.377 e. The maximum absolute atomic E-state index is 12.0. The summed E-state index contributed by atoms with van der Waals surface area (Å²) in [4.78, 5) is 28.5. The van der Waals surface area contributed by atoms with Gasteiger partial charge in [-0.25, -0.2) is 0 Å². The molecule has 2 heterocycles. The van der Waals surface area contributed by atoms with E-state index in [1.165, 1.54) is 64.2 Å². The van der Waals surface area contributed by atoms with Gasteiger partial charge in [-0.15, -0.1) is 0 Å². The van der Waals surface area contributed by atoms with Crippen LogP contribution in [0.15, 0.2) is 30.3 Å². The number of carbonyl (C=O) groups is 1. The van der Waals surface area contributed by atoms with Gasteiger partial charge < -0.3 is 30.3 Å². The molecule has 10 heteroatoms. The molecule has 1 aliphatic heterocycles. The summed E-state index contributed by atoms with van der Waals surface area (Å²) in [6.45, 7) is 4.97. The number of ether oxygens (including phenoxy) is 2. The van der Waals surface area contributed by atoms with Crippen molar-refractivity contribution in [1.82, 2.24) is 20.3 Å². The highest BCUT2D eigenvalue weighted by Crippen LogP contribution is 2.22. The molecule has 214 valence electrons. The number of piperidine rings is 1. The van der Waals surface area contributed by atoms with E-state index in [2.05, 4.69) is 20.9 Å². The molecule has 2 aromatic rings. The van der Waals surface area contributed by atoms with Gasteiger partial charge in [-0.2, -0.15) is 15.0 Å². The molecule has 1 amide bonds. The van der Waals surface area contributed by atoms with Crippen molar-refractivity contribution in [3.05, 3.63) is 35.9 Å². The fourth-order valence-corrected chi connectivity index (χ4v) is 5.01. The second-order valence-corrected chi connectivity index (χ2v) is 10.3. The van der Waals surface area contributed by atoms with E-state index in [0.29, 0.717) is 63.0 Å². The average Bonchev–Trinajstić information content (AvgIpc) is 2.96. The van der Waals surface area contributed by atoms with Gasteiger partial charge in [0.25, 0.3) is 5.91 Å². The Labute approximate surface area is 232 Å². The second-order valence-electron chi connectivity index (χ2n) is 10.3. The summed E-state index contributed by atoms with van der Waals surface area (Å²) in [7, 11) is 0. The van der Waals surface area contributed by atoms with Gasteiger partial charge >= 0.3 is 0 Å². The lowest BCUT2D eigenvalue weighted by Gasteiger charge is -2.27. The minimum atomic E-state index is -0.0913. The number of aromatic nitrogens is 3. The van der Waals surface area contributed by atoms with Gasteiger partial charge in [-0.05, 0) is 44.2 Å². The summed E-state index contributed by atoms with van der Waals surface area (Å²) in [6.07, 6.45) is 12.5. The van der Waals surface area contributed by atoms with Crippen molar-refractivity contribution in [3.63, 3.8) is 0 Å². The standard InChI is InChI=1S/C29H45N7O3/c37-26(24-12-6-4-7-13-24)30-16-20-38-22-23-39-21-17-31-27-33-28(32-25-14-8-2-1-3-9-15-25)35-29(34-27)36-18-10-5-11-19-36/h4,6-7,12-13,25H,1-3,5,8-11,14-23H2,(H,30,37)(H2,31,32,33,34,35). The van der Waals surface area contributed by atoms with Gasteiger partial charge in [0.05, 0.1) is 26.4 Å². The predicted molar refractivity (Wildman–Crippen MR) is 155 cm³/mol. The first kappa shape index (κ1) is 29.0. The molecule has 0 bridgehead atoms. The molecule has 1 aliphatic carbocycles. The van der Waals surface area contributed by atoms with Gasteiger partial charge in [-0.1, -0.05) is 50.3 Å². The van der Waals surface area contributed by atoms with Crippen molar-refractivity contribution >= 4 is 23.8 Å². The number of amides is 1. The third-order valence-corrected chi connectivity index (χ3v) is 7.17. The van der Waals surface area contributed by atoms with Crippen LogP contribution in [-0.2, 0) is 9.47 Å².